The van der Waals surface area contributed by atoms with Crippen LogP contribution < -0.4 is 5.32 Å². The van der Waals surface area contributed by atoms with Crippen LogP contribution in [0.25, 0.3) is 11.1 Å². The van der Waals surface area contributed by atoms with Gasteiger partial charge >= 0.3 is 5.97 Å². The lowest BCUT2D eigenvalue weighted by Crippen LogP contribution is -2.22. The van der Waals surface area contributed by atoms with Crippen molar-refractivity contribution in [2.24, 2.45) is 0 Å². The summed E-state index contributed by atoms with van der Waals surface area (Å²) in [6.45, 7) is -0.00473. The summed E-state index contributed by atoms with van der Waals surface area (Å²) in [5, 5.41) is 30.0. The monoisotopic (exact) mass is 301 g/mol. The average Bonchev–Trinajstić information content (AvgIpc) is 2.53. The summed E-state index contributed by atoms with van der Waals surface area (Å²) in [6.07, 6.45) is -0.778. The number of carbonyl (C=O) groups is 1. The summed E-state index contributed by atoms with van der Waals surface area (Å²) in [5.74, 6) is -0.846. The second kappa shape index (κ2) is 7.59. The molecule has 5 heteroatoms. The molecule has 116 valence electrons. The SMILES string of the molecule is O=C(O)Cc1ccc(-c2cccc(NCC(O)CO)c2)cc1. The van der Waals surface area contributed by atoms with E-state index in [0.29, 0.717) is 0 Å². The van der Waals surface area contributed by atoms with E-state index in [1.807, 2.05) is 36.4 Å². The van der Waals surface area contributed by atoms with E-state index in [-0.39, 0.29) is 19.6 Å². The molecule has 5 nitrogen and oxygen atoms in total. The van der Waals surface area contributed by atoms with Gasteiger partial charge in [-0.3, -0.25) is 4.79 Å². The molecule has 0 heterocycles. The third kappa shape index (κ3) is 4.58. The Hall–Kier alpha value is -2.37. The van der Waals surface area contributed by atoms with Crippen LogP contribution in [0.3, 0.4) is 0 Å². The number of carboxylic acids is 1. The highest BCUT2D eigenvalue weighted by atomic mass is 16.4. The van der Waals surface area contributed by atoms with Gasteiger partial charge in [-0.1, -0.05) is 36.4 Å². The lowest BCUT2D eigenvalue weighted by atomic mass is 10.0. The van der Waals surface area contributed by atoms with Crippen LogP contribution in [0.2, 0.25) is 0 Å². The molecule has 0 spiro atoms. The van der Waals surface area contributed by atoms with Gasteiger partial charge in [-0.15, -0.1) is 0 Å². The largest absolute Gasteiger partial charge is 0.481 e. The van der Waals surface area contributed by atoms with Gasteiger partial charge in [0, 0.05) is 12.2 Å². The zero-order chi connectivity index (χ0) is 15.9. The van der Waals surface area contributed by atoms with Gasteiger partial charge in [-0.2, -0.15) is 0 Å². The molecule has 2 aromatic carbocycles. The molecule has 1 atom stereocenters. The highest BCUT2D eigenvalue weighted by Gasteiger charge is 2.04. The molecule has 0 aliphatic rings. The third-order valence-corrected chi connectivity index (χ3v) is 3.26. The zero-order valence-electron chi connectivity index (χ0n) is 12.1. The summed E-state index contributed by atoms with van der Waals surface area (Å²) in [4.78, 5) is 10.7. The third-order valence-electron chi connectivity index (χ3n) is 3.26. The standard InChI is InChI=1S/C17H19NO4/c19-11-16(20)10-18-15-3-1-2-14(9-15)13-6-4-12(5-7-13)8-17(21)22/h1-7,9,16,18-20H,8,10-11H2,(H,21,22). The Morgan fingerprint density at radius 1 is 1.09 bits per heavy atom. The van der Waals surface area contributed by atoms with Crippen molar-refractivity contribution in [3.05, 3.63) is 54.1 Å². The lowest BCUT2D eigenvalue weighted by Gasteiger charge is -2.11. The van der Waals surface area contributed by atoms with E-state index in [9.17, 15) is 9.90 Å². The number of aliphatic hydroxyl groups excluding tert-OH is 2. The average molecular weight is 301 g/mol. The molecular formula is C17H19NO4. The number of aliphatic carboxylic acids is 1. The van der Waals surface area contributed by atoms with Crippen molar-refractivity contribution in [1.82, 2.24) is 0 Å². The number of rotatable bonds is 7. The predicted molar refractivity (Wildman–Crippen MR) is 84.8 cm³/mol. The van der Waals surface area contributed by atoms with Gasteiger partial charge in [-0.05, 0) is 28.8 Å². The molecule has 2 aromatic rings. The molecule has 0 fully saturated rings. The van der Waals surface area contributed by atoms with Crippen molar-refractivity contribution in [2.45, 2.75) is 12.5 Å². The second-order valence-corrected chi connectivity index (χ2v) is 5.07. The maximum atomic E-state index is 10.7. The number of hydrogen-bond donors (Lipinski definition) is 4. The Morgan fingerprint density at radius 3 is 2.45 bits per heavy atom. The van der Waals surface area contributed by atoms with E-state index in [2.05, 4.69) is 5.32 Å². The predicted octanol–water partition coefficient (Wildman–Crippen LogP) is 1.75. The van der Waals surface area contributed by atoms with E-state index in [1.54, 1.807) is 12.1 Å². The molecule has 22 heavy (non-hydrogen) atoms. The Labute approximate surface area is 128 Å². The van der Waals surface area contributed by atoms with Gasteiger partial charge in [0.15, 0.2) is 0 Å². The van der Waals surface area contributed by atoms with E-state index in [1.165, 1.54) is 0 Å². The second-order valence-electron chi connectivity index (χ2n) is 5.07. The van der Waals surface area contributed by atoms with Crippen molar-refractivity contribution >= 4 is 11.7 Å². The molecule has 0 saturated heterocycles. The Morgan fingerprint density at radius 2 is 1.82 bits per heavy atom. The maximum absolute atomic E-state index is 10.7. The smallest absolute Gasteiger partial charge is 0.307 e. The number of aliphatic hydroxyl groups is 2. The molecule has 0 aliphatic heterocycles. The summed E-state index contributed by atoms with van der Waals surface area (Å²) in [7, 11) is 0. The fourth-order valence-corrected chi connectivity index (χ4v) is 2.10. The van der Waals surface area contributed by atoms with Gasteiger partial charge in [0.05, 0.1) is 19.1 Å². The molecule has 0 aliphatic carbocycles. The van der Waals surface area contributed by atoms with E-state index in [4.69, 9.17) is 10.2 Å². The first-order valence-corrected chi connectivity index (χ1v) is 7.02. The quantitative estimate of drug-likeness (QED) is 0.625. The number of hydrogen-bond acceptors (Lipinski definition) is 4. The summed E-state index contributed by atoms with van der Waals surface area (Å²) in [5.41, 5.74) is 3.59. The fourth-order valence-electron chi connectivity index (χ4n) is 2.10. The minimum Gasteiger partial charge on any atom is -0.481 e. The van der Waals surface area contributed by atoms with Gasteiger partial charge < -0.3 is 20.6 Å². The van der Waals surface area contributed by atoms with Crippen LogP contribution in [0.4, 0.5) is 5.69 Å². The Balaban J connectivity index is 2.10. The molecule has 0 bridgehead atoms. The summed E-state index contributed by atoms with van der Waals surface area (Å²) < 4.78 is 0. The maximum Gasteiger partial charge on any atom is 0.307 e. The highest BCUT2D eigenvalue weighted by Crippen LogP contribution is 2.23. The van der Waals surface area contributed by atoms with Crippen molar-refractivity contribution in [3.8, 4) is 11.1 Å². The first-order valence-electron chi connectivity index (χ1n) is 7.02. The van der Waals surface area contributed by atoms with E-state index < -0.39 is 12.1 Å². The highest BCUT2D eigenvalue weighted by molar-refractivity contribution is 5.72. The minimum absolute atomic E-state index is 0.0148. The molecule has 1 unspecified atom stereocenters. The Kier molecular flexibility index (Phi) is 5.52. The fraction of sp³-hybridized carbons (Fsp3) is 0.235. The van der Waals surface area contributed by atoms with Crippen LogP contribution >= 0.6 is 0 Å². The van der Waals surface area contributed by atoms with Gasteiger partial charge in [0.2, 0.25) is 0 Å². The van der Waals surface area contributed by atoms with Gasteiger partial charge in [0.1, 0.15) is 0 Å². The minimum atomic E-state index is -0.846. The Bertz CT molecular complexity index is 625. The molecule has 0 radical (unpaired) electrons. The van der Waals surface area contributed by atoms with Crippen molar-refractivity contribution in [1.29, 1.82) is 0 Å². The van der Waals surface area contributed by atoms with Crippen LogP contribution in [-0.2, 0) is 11.2 Å². The number of nitrogens with one attached hydrogen (secondary N) is 1. The van der Waals surface area contributed by atoms with E-state index in [0.717, 1.165) is 22.4 Å². The number of carboxylic acid groups (broad SMARTS) is 1. The molecule has 0 aromatic heterocycles. The zero-order valence-corrected chi connectivity index (χ0v) is 12.1. The van der Waals surface area contributed by atoms with Gasteiger partial charge in [0.25, 0.3) is 0 Å². The van der Waals surface area contributed by atoms with Crippen molar-refractivity contribution in [3.63, 3.8) is 0 Å². The summed E-state index contributed by atoms with van der Waals surface area (Å²) in [6, 6.07) is 15.1. The van der Waals surface area contributed by atoms with Crippen LogP contribution in [-0.4, -0.2) is 40.5 Å². The molecule has 0 amide bonds. The number of anilines is 1. The van der Waals surface area contributed by atoms with Crippen LogP contribution in [0.5, 0.6) is 0 Å². The first kappa shape index (κ1) is 16.0. The first-order chi connectivity index (χ1) is 10.6. The molecular weight excluding hydrogens is 282 g/mol. The molecule has 0 saturated carbocycles. The van der Waals surface area contributed by atoms with Gasteiger partial charge in [-0.25, -0.2) is 0 Å². The number of benzene rings is 2. The van der Waals surface area contributed by atoms with Crippen molar-refractivity contribution < 1.29 is 20.1 Å². The molecule has 4 N–H and O–H groups in total. The van der Waals surface area contributed by atoms with Crippen LogP contribution in [0.15, 0.2) is 48.5 Å². The molecule has 2 rings (SSSR count). The van der Waals surface area contributed by atoms with Crippen LogP contribution in [0.1, 0.15) is 5.56 Å². The van der Waals surface area contributed by atoms with Crippen molar-refractivity contribution in [2.75, 3.05) is 18.5 Å². The summed E-state index contributed by atoms with van der Waals surface area (Å²) >= 11 is 0. The van der Waals surface area contributed by atoms with E-state index >= 15 is 0 Å². The normalized spacial score (nSPS) is 11.9. The van der Waals surface area contributed by atoms with Crippen LogP contribution in [0, 0.1) is 0 Å². The topological polar surface area (TPSA) is 89.8 Å². The lowest BCUT2D eigenvalue weighted by molar-refractivity contribution is -0.136.